The quantitative estimate of drug-likeness (QED) is 0.374. The minimum Gasteiger partial charge on any atom is -0.463 e. The molecule has 88 valence electrons. The Hall–Kier alpha value is -0.870. The van der Waals surface area contributed by atoms with Gasteiger partial charge < -0.3 is 14.8 Å². The number of carbonyl (C=O) groups is 1. The van der Waals surface area contributed by atoms with Crippen LogP contribution in [0, 0.1) is 0 Å². The fourth-order valence-corrected chi connectivity index (χ4v) is 0.911. The minimum absolute atomic E-state index is 0.236. The average Bonchev–Trinajstić information content (AvgIpc) is 2.16. The van der Waals surface area contributed by atoms with Crippen LogP contribution in [0.15, 0.2) is 12.2 Å². The average molecular weight is 215 g/mol. The number of carbonyl (C=O) groups excluding carboxylic acids is 1. The first-order chi connectivity index (χ1) is 7.07. The van der Waals surface area contributed by atoms with Crippen LogP contribution in [-0.4, -0.2) is 38.4 Å². The van der Waals surface area contributed by atoms with E-state index in [0.717, 1.165) is 0 Å². The van der Waals surface area contributed by atoms with Crippen LogP contribution in [0.5, 0.6) is 0 Å². The van der Waals surface area contributed by atoms with E-state index in [2.05, 4.69) is 11.9 Å². The summed E-state index contributed by atoms with van der Waals surface area (Å²) in [7, 11) is 0. The summed E-state index contributed by atoms with van der Waals surface area (Å²) in [6.45, 7) is 11.5. The van der Waals surface area contributed by atoms with Crippen LogP contribution in [0.1, 0.15) is 20.8 Å². The second-order valence-corrected chi connectivity index (χ2v) is 3.42. The van der Waals surface area contributed by atoms with Gasteiger partial charge in [-0.2, -0.15) is 0 Å². The molecule has 0 radical (unpaired) electrons. The first-order valence-corrected chi connectivity index (χ1v) is 5.25. The summed E-state index contributed by atoms with van der Waals surface area (Å²) < 4.78 is 10.1. The summed E-state index contributed by atoms with van der Waals surface area (Å²) in [4.78, 5) is 11.1. The van der Waals surface area contributed by atoms with Gasteiger partial charge in [0.1, 0.15) is 0 Å². The molecule has 0 spiro atoms. The van der Waals surface area contributed by atoms with Crippen LogP contribution in [0.2, 0.25) is 0 Å². The van der Waals surface area contributed by atoms with Crippen molar-refractivity contribution in [2.45, 2.75) is 26.9 Å². The van der Waals surface area contributed by atoms with Gasteiger partial charge in [-0.25, -0.2) is 4.79 Å². The molecule has 0 fully saturated rings. The number of hydrogen-bond acceptors (Lipinski definition) is 4. The third-order valence-electron chi connectivity index (χ3n) is 1.63. The Morgan fingerprint density at radius 1 is 1.47 bits per heavy atom. The Kier molecular flexibility index (Phi) is 7.95. The normalized spacial score (nSPS) is 10.4. The van der Waals surface area contributed by atoms with Gasteiger partial charge in [0.2, 0.25) is 0 Å². The molecule has 4 nitrogen and oxygen atoms in total. The molecule has 4 heteroatoms. The van der Waals surface area contributed by atoms with Crippen molar-refractivity contribution >= 4 is 5.97 Å². The fourth-order valence-electron chi connectivity index (χ4n) is 0.911. The van der Waals surface area contributed by atoms with Crippen molar-refractivity contribution in [1.82, 2.24) is 5.32 Å². The summed E-state index contributed by atoms with van der Waals surface area (Å²) in [5.74, 6) is -0.338. The lowest BCUT2D eigenvalue weighted by Gasteiger charge is -2.09. The summed E-state index contributed by atoms with van der Waals surface area (Å²) in [5, 5.41) is 3.05. The predicted octanol–water partition coefficient (Wildman–Crippen LogP) is 1.12. The van der Waals surface area contributed by atoms with Crippen LogP contribution >= 0.6 is 0 Å². The van der Waals surface area contributed by atoms with E-state index in [9.17, 15) is 4.79 Å². The molecule has 0 aliphatic rings. The van der Waals surface area contributed by atoms with Crippen LogP contribution in [0.3, 0.4) is 0 Å². The van der Waals surface area contributed by atoms with Crippen molar-refractivity contribution < 1.29 is 14.3 Å². The monoisotopic (exact) mass is 215 g/mol. The standard InChI is InChI=1S/C11H21NO3/c1-5-14-11(13)10(4)8-12-6-7-15-9(2)3/h9,12H,4-8H2,1-3H3. The zero-order valence-electron chi connectivity index (χ0n) is 9.84. The molecule has 1 N–H and O–H groups in total. The maximum Gasteiger partial charge on any atom is 0.334 e. The van der Waals surface area contributed by atoms with Gasteiger partial charge in [0.15, 0.2) is 0 Å². The number of rotatable bonds is 8. The van der Waals surface area contributed by atoms with Crippen LogP contribution < -0.4 is 5.32 Å². The molecule has 0 aliphatic heterocycles. The van der Waals surface area contributed by atoms with Crippen molar-refractivity contribution in [3.8, 4) is 0 Å². The summed E-state index contributed by atoms with van der Waals surface area (Å²) in [6.07, 6.45) is 0.236. The molecular formula is C11H21NO3. The molecule has 0 aliphatic carbocycles. The smallest absolute Gasteiger partial charge is 0.334 e. The molecule has 0 amide bonds. The van der Waals surface area contributed by atoms with Crippen molar-refractivity contribution in [1.29, 1.82) is 0 Å². The number of esters is 1. The molecule has 0 bridgehead atoms. The Morgan fingerprint density at radius 3 is 2.67 bits per heavy atom. The Morgan fingerprint density at radius 2 is 2.13 bits per heavy atom. The summed E-state index contributed by atoms with van der Waals surface area (Å²) in [5.41, 5.74) is 0.446. The Balaban J connectivity index is 3.43. The molecule has 0 aromatic carbocycles. The molecule has 0 atom stereocenters. The SMILES string of the molecule is C=C(CNCCOC(C)C)C(=O)OCC. The van der Waals surface area contributed by atoms with Gasteiger partial charge in [-0.3, -0.25) is 0 Å². The van der Waals surface area contributed by atoms with Gasteiger partial charge in [0.25, 0.3) is 0 Å². The van der Waals surface area contributed by atoms with E-state index in [1.165, 1.54) is 0 Å². The molecular weight excluding hydrogens is 194 g/mol. The maximum atomic E-state index is 11.1. The van der Waals surface area contributed by atoms with Gasteiger partial charge in [-0.1, -0.05) is 6.58 Å². The third kappa shape index (κ3) is 8.15. The minimum atomic E-state index is -0.338. The fraction of sp³-hybridized carbons (Fsp3) is 0.727. The maximum absolute atomic E-state index is 11.1. The lowest BCUT2D eigenvalue weighted by Crippen LogP contribution is -2.26. The highest BCUT2D eigenvalue weighted by molar-refractivity contribution is 5.88. The van der Waals surface area contributed by atoms with E-state index >= 15 is 0 Å². The van der Waals surface area contributed by atoms with E-state index in [1.54, 1.807) is 6.92 Å². The second-order valence-electron chi connectivity index (χ2n) is 3.42. The van der Waals surface area contributed by atoms with E-state index in [0.29, 0.717) is 31.9 Å². The third-order valence-corrected chi connectivity index (χ3v) is 1.63. The van der Waals surface area contributed by atoms with E-state index in [-0.39, 0.29) is 12.1 Å². The molecule has 0 saturated heterocycles. The molecule has 0 unspecified atom stereocenters. The highest BCUT2D eigenvalue weighted by Gasteiger charge is 2.06. The number of hydrogen-bond donors (Lipinski definition) is 1. The molecule has 15 heavy (non-hydrogen) atoms. The second kappa shape index (κ2) is 8.44. The number of nitrogens with one attached hydrogen (secondary N) is 1. The molecule has 0 aromatic rings. The van der Waals surface area contributed by atoms with Gasteiger partial charge >= 0.3 is 5.97 Å². The largest absolute Gasteiger partial charge is 0.463 e. The lowest BCUT2D eigenvalue weighted by atomic mass is 10.3. The van der Waals surface area contributed by atoms with Crippen LogP contribution in [-0.2, 0) is 14.3 Å². The van der Waals surface area contributed by atoms with Crippen LogP contribution in [0.25, 0.3) is 0 Å². The zero-order valence-corrected chi connectivity index (χ0v) is 9.84. The number of ether oxygens (including phenoxy) is 2. The predicted molar refractivity (Wildman–Crippen MR) is 59.7 cm³/mol. The zero-order chi connectivity index (χ0) is 11.7. The molecule has 0 saturated carbocycles. The topological polar surface area (TPSA) is 47.6 Å². The molecule has 0 rings (SSSR count). The molecule has 0 heterocycles. The van der Waals surface area contributed by atoms with Gasteiger partial charge in [-0.05, 0) is 20.8 Å². The Bertz CT molecular complexity index is 202. The molecule has 0 aromatic heterocycles. The van der Waals surface area contributed by atoms with Gasteiger partial charge in [0.05, 0.1) is 19.3 Å². The highest BCUT2D eigenvalue weighted by Crippen LogP contribution is 1.92. The van der Waals surface area contributed by atoms with Crippen molar-refractivity contribution in [3.05, 3.63) is 12.2 Å². The van der Waals surface area contributed by atoms with E-state index in [4.69, 9.17) is 9.47 Å². The highest BCUT2D eigenvalue weighted by atomic mass is 16.5. The first-order valence-electron chi connectivity index (χ1n) is 5.25. The van der Waals surface area contributed by atoms with E-state index in [1.807, 2.05) is 13.8 Å². The van der Waals surface area contributed by atoms with Gasteiger partial charge in [-0.15, -0.1) is 0 Å². The lowest BCUT2D eigenvalue weighted by molar-refractivity contribution is -0.138. The summed E-state index contributed by atoms with van der Waals surface area (Å²) >= 11 is 0. The first kappa shape index (κ1) is 14.1. The van der Waals surface area contributed by atoms with Crippen molar-refractivity contribution in [2.24, 2.45) is 0 Å². The van der Waals surface area contributed by atoms with Crippen LogP contribution in [0.4, 0.5) is 0 Å². The van der Waals surface area contributed by atoms with Gasteiger partial charge in [0, 0.05) is 18.7 Å². The van der Waals surface area contributed by atoms with E-state index < -0.39 is 0 Å². The van der Waals surface area contributed by atoms with Crippen molar-refractivity contribution in [3.63, 3.8) is 0 Å². The Labute approximate surface area is 91.6 Å². The van der Waals surface area contributed by atoms with Crippen molar-refractivity contribution in [2.75, 3.05) is 26.3 Å². The summed E-state index contributed by atoms with van der Waals surface area (Å²) in [6, 6.07) is 0.